The van der Waals surface area contributed by atoms with E-state index in [0.29, 0.717) is 30.3 Å². The first-order valence-corrected chi connectivity index (χ1v) is 18.2. The molecule has 0 N–H and O–H groups in total. The summed E-state index contributed by atoms with van der Waals surface area (Å²) in [6, 6.07) is 24.0. The summed E-state index contributed by atoms with van der Waals surface area (Å²) in [7, 11) is -2.11. The van der Waals surface area contributed by atoms with Crippen molar-refractivity contribution in [2.45, 2.75) is 52.1 Å². The fourth-order valence-corrected chi connectivity index (χ4v) is 6.51. The predicted molar refractivity (Wildman–Crippen MR) is 173 cm³/mol. The summed E-state index contributed by atoms with van der Waals surface area (Å²) in [6.07, 6.45) is 1.78. The number of nitrogens with zero attached hydrogens (tertiary/aromatic N) is 3. The summed E-state index contributed by atoms with van der Waals surface area (Å²) in [4.78, 5) is 5.27. The standard InChI is InChI=1S/C32H32BrN3O4SSi/c1-32(2,3)42(4,5)40-24-15-27(38-20-22-12-9-13-23(14-22)37-19-21-10-7-6-8-11-21)25-17-29(39-28(25)16-24)26-18-34-31-36(26)35-30(33)41-31/h6-18H,19-20H2,1-5H3. The Balaban J connectivity index is 1.31. The van der Waals surface area contributed by atoms with E-state index in [1.807, 2.05) is 60.7 Å². The highest BCUT2D eigenvalue weighted by atomic mass is 79.9. The third kappa shape index (κ3) is 5.97. The maximum absolute atomic E-state index is 6.68. The largest absolute Gasteiger partial charge is 0.543 e. The number of furan rings is 1. The molecular formula is C32H32BrN3O4SSi. The summed E-state index contributed by atoms with van der Waals surface area (Å²) in [5.74, 6) is 2.87. The first-order chi connectivity index (χ1) is 20.1. The van der Waals surface area contributed by atoms with Gasteiger partial charge in [-0.15, -0.1) is 5.10 Å². The van der Waals surface area contributed by atoms with Gasteiger partial charge in [0, 0.05) is 12.1 Å². The second kappa shape index (κ2) is 11.2. The van der Waals surface area contributed by atoms with Crippen molar-refractivity contribution in [3.8, 4) is 28.7 Å². The molecule has 6 rings (SSSR count). The van der Waals surface area contributed by atoms with E-state index < -0.39 is 8.32 Å². The second-order valence-electron chi connectivity index (χ2n) is 11.7. The Hall–Kier alpha value is -3.60. The molecule has 42 heavy (non-hydrogen) atoms. The molecule has 7 nitrogen and oxygen atoms in total. The van der Waals surface area contributed by atoms with Gasteiger partial charge in [-0.1, -0.05) is 74.6 Å². The number of aromatic nitrogens is 3. The number of rotatable bonds is 9. The van der Waals surface area contributed by atoms with Crippen LogP contribution in [0.4, 0.5) is 0 Å². The molecule has 0 aliphatic heterocycles. The lowest BCUT2D eigenvalue weighted by Crippen LogP contribution is -2.43. The Morgan fingerprint density at radius 1 is 0.905 bits per heavy atom. The number of imidazole rings is 1. The predicted octanol–water partition coefficient (Wildman–Crippen LogP) is 9.51. The maximum atomic E-state index is 6.68. The zero-order chi connectivity index (χ0) is 29.5. The van der Waals surface area contributed by atoms with Crippen LogP contribution in [0.2, 0.25) is 18.1 Å². The van der Waals surface area contributed by atoms with Crippen LogP contribution < -0.4 is 13.9 Å². The molecule has 0 saturated heterocycles. The van der Waals surface area contributed by atoms with Gasteiger partial charge in [-0.05, 0) is 63.4 Å². The number of halogens is 1. The molecule has 3 heterocycles. The maximum Gasteiger partial charge on any atom is 0.250 e. The molecule has 0 radical (unpaired) electrons. The minimum absolute atomic E-state index is 0.0404. The smallest absolute Gasteiger partial charge is 0.250 e. The number of benzene rings is 3. The first kappa shape index (κ1) is 28.5. The molecule has 0 aliphatic rings. The van der Waals surface area contributed by atoms with Crippen molar-refractivity contribution in [2.24, 2.45) is 0 Å². The van der Waals surface area contributed by atoms with Crippen LogP contribution in [0.25, 0.3) is 27.4 Å². The molecule has 0 atom stereocenters. The van der Waals surface area contributed by atoms with Gasteiger partial charge < -0.3 is 18.3 Å². The van der Waals surface area contributed by atoms with E-state index >= 15 is 0 Å². The molecule has 10 heteroatoms. The van der Waals surface area contributed by atoms with Crippen LogP contribution in [-0.2, 0) is 13.2 Å². The van der Waals surface area contributed by atoms with Gasteiger partial charge in [0.15, 0.2) is 9.68 Å². The molecule has 216 valence electrons. The topological polar surface area (TPSA) is 71.0 Å². The molecule has 0 unspecified atom stereocenters. The Morgan fingerprint density at radius 3 is 2.45 bits per heavy atom. The molecule has 0 bridgehead atoms. The average Bonchev–Trinajstić information content (AvgIpc) is 3.64. The van der Waals surface area contributed by atoms with E-state index in [-0.39, 0.29) is 5.04 Å². The molecule has 0 saturated carbocycles. The van der Waals surface area contributed by atoms with Gasteiger partial charge in [-0.2, -0.15) is 4.52 Å². The summed E-state index contributed by atoms with van der Waals surface area (Å²) in [5, 5.41) is 5.42. The molecule has 3 aromatic carbocycles. The monoisotopic (exact) mass is 661 g/mol. The second-order valence-corrected chi connectivity index (χ2v) is 18.7. The summed E-state index contributed by atoms with van der Waals surface area (Å²) >= 11 is 4.92. The van der Waals surface area contributed by atoms with Gasteiger partial charge in [0.05, 0.1) is 11.6 Å². The highest BCUT2D eigenvalue weighted by Gasteiger charge is 2.39. The van der Waals surface area contributed by atoms with E-state index in [0.717, 1.165) is 42.6 Å². The Morgan fingerprint density at radius 2 is 1.67 bits per heavy atom. The molecule has 0 amide bonds. The quantitative estimate of drug-likeness (QED) is 0.144. The highest BCUT2D eigenvalue weighted by molar-refractivity contribution is 9.11. The van der Waals surface area contributed by atoms with E-state index in [4.69, 9.17) is 18.3 Å². The van der Waals surface area contributed by atoms with Gasteiger partial charge in [-0.3, -0.25) is 0 Å². The Kier molecular flexibility index (Phi) is 7.63. The van der Waals surface area contributed by atoms with Crippen molar-refractivity contribution in [1.82, 2.24) is 14.6 Å². The summed E-state index contributed by atoms with van der Waals surface area (Å²) in [5.41, 5.74) is 3.57. The first-order valence-electron chi connectivity index (χ1n) is 13.7. The minimum atomic E-state index is -2.11. The van der Waals surface area contributed by atoms with E-state index in [2.05, 4.69) is 72.0 Å². The number of ether oxygens (including phenoxy) is 2. The van der Waals surface area contributed by atoms with Crippen molar-refractivity contribution < 1.29 is 18.3 Å². The molecule has 0 spiro atoms. The van der Waals surface area contributed by atoms with Crippen molar-refractivity contribution in [3.05, 3.63) is 94.0 Å². The third-order valence-electron chi connectivity index (χ3n) is 7.61. The fourth-order valence-electron chi connectivity index (χ4n) is 4.30. The highest BCUT2D eigenvalue weighted by Crippen LogP contribution is 2.42. The van der Waals surface area contributed by atoms with Crippen LogP contribution in [0, 0.1) is 0 Å². The van der Waals surface area contributed by atoms with Crippen LogP contribution in [0.5, 0.6) is 17.2 Å². The van der Waals surface area contributed by atoms with Crippen LogP contribution >= 0.6 is 27.3 Å². The van der Waals surface area contributed by atoms with Gasteiger partial charge in [0.1, 0.15) is 41.7 Å². The SMILES string of the molecule is CC(C)(C)[Si](C)(C)Oc1cc(OCc2cccc(OCc3ccccc3)c2)c2cc(-c3cnc4sc(Br)nn34)oc2c1. The third-order valence-corrected chi connectivity index (χ3v) is 13.3. The van der Waals surface area contributed by atoms with Crippen molar-refractivity contribution in [3.63, 3.8) is 0 Å². The van der Waals surface area contributed by atoms with Gasteiger partial charge in [-0.25, -0.2) is 4.98 Å². The number of hydrogen-bond acceptors (Lipinski definition) is 7. The van der Waals surface area contributed by atoms with Crippen molar-refractivity contribution >= 4 is 51.5 Å². The van der Waals surface area contributed by atoms with Crippen LogP contribution in [0.3, 0.4) is 0 Å². The van der Waals surface area contributed by atoms with Crippen molar-refractivity contribution in [2.75, 3.05) is 0 Å². The van der Waals surface area contributed by atoms with Gasteiger partial charge in [0.25, 0.3) is 0 Å². The molecule has 3 aromatic heterocycles. The van der Waals surface area contributed by atoms with Crippen LogP contribution in [0.15, 0.2) is 87.3 Å². The lowest BCUT2D eigenvalue weighted by atomic mass is 10.2. The normalized spacial score (nSPS) is 12.2. The van der Waals surface area contributed by atoms with E-state index in [1.165, 1.54) is 11.3 Å². The summed E-state index contributed by atoms with van der Waals surface area (Å²) < 4.78 is 28.1. The minimum Gasteiger partial charge on any atom is -0.543 e. The number of hydrogen-bond donors (Lipinski definition) is 0. The van der Waals surface area contributed by atoms with Crippen molar-refractivity contribution in [1.29, 1.82) is 0 Å². The van der Waals surface area contributed by atoms with Crippen LogP contribution in [-0.4, -0.2) is 22.9 Å². The summed E-state index contributed by atoms with van der Waals surface area (Å²) in [6.45, 7) is 12.0. The lowest BCUT2D eigenvalue weighted by molar-refractivity contribution is 0.297. The van der Waals surface area contributed by atoms with E-state index in [1.54, 1.807) is 10.7 Å². The molecule has 0 fully saturated rings. The molecular weight excluding hydrogens is 630 g/mol. The average molecular weight is 663 g/mol. The zero-order valence-electron chi connectivity index (χ0n) is 24.2. The number of fused-ring (bicyclic) bond motifs is 2. The van der Waals surface area contributed by atoms with E-state index in [9.17, 15) is 0 Å². The fraction of sp³-hybridized carbons (Fsp3) is 0.250. The molecule has 0 aliphatic carbocycles. The van der Waals surface area contributed by atoms with Gasteiger partial charge >= 0.3 is 0 Å². The molecule has 6 aromatic rings. The zero-order valence-corrected chi connectivity index (χ0v) is 27.6. The Labute approximate surface area is 258 Å². The van der Waals surface area contributed by atoms with Gasteiger partial charge in [0.2, 0.25) is 13.3 Å². The lowest BCUT2D eigenvalue weighted by Gasteiger charge is -2.36. The van der Waals surface area contributed by atoms with Crippen LogP contribution in [0.1, 0.15) is 31.9 Å². The Bertz CT molecular complexity index is 1860.